The van der Waals surface area contributed by atoms with E-state index in [0.717, 1.165) is 28.9 Å². The molecule has 4 nitrogen and oxygen atoms in total. The quantitative estimate of drug-likeness (QED) is 0.578. The lowest BCUT2D eigenvalue weighted by Gasteiger charge is -2.16. The molecule has 0 unspecified atom stereocenters. The first-order valence-electron chi connectivity index (χ1n) is 8.03. The Balaban J connectivity index is 2.23. The summed E-state index contributed by atoms with van der Waals surface area (Å²) in [6.07, 6.45) is 0.267. The van der Waals surface area contributed by atoms with Gasteiger partial charge in [0, 0.05) is 5.56 Å². The molecular weight excluding hydrogens is 304 g/mol. The molecule has 0 amide bonds. The van der Waals surface area contributed by atoms with Crippen LogP contribution < -0.4 is 9.47 Å². The normalized spacial score (nSPS) is 10.4. The second-order valence-corrected chi connectivity index (χ2v) is 5.79. The van der Waals surface area contributed by atoms with E-state index >= 15 is 0 Å². The van der Waals surface area contributed by atoms with Crippen molar-refractivity contribution in [1.29, 1.82) is 0 Å². The van der Waals surface area contributed by atoms with Crippen molar-refractivity contribution >= 4 is 6.16 Å². The summed E-state index contributed by atoms with van der Waals surface area (Å²) in [5.74, 6) is 1.30. The molecule has 0 aromatic heterocycles. The van der Waals surface area contributed by atoms with E-state index in [0.29, 0.717) is 12.4 Å². The predicted molar refractivity (Wildman–Crippen MR) is 93.8 cm³/mol. The van der Waals surface area contributed by atoms with Gasteiger partial charge >= 0.3 is 6.16 Å². The van der Waals surface area contributed by atoms with E-state index in [-0.39, 0.29) is 0 Å². The van der Waals surface area contributed by atoms with E-state index in [1.807, 2.05) is 26.0 Å². The van der Waals surface area contributed by atoms with Gasteiger partial charge in [-0.3, -0.25) is 0 Å². The fraction of sp³-hybridized carbons (Fsp3) is 0.350. The van der Waals surface area contributed by atoms with Gasteiger partial charge in [0.1, 0.15) is 18.1 Å². The number of aryl methyl sites for hydroxylation is 4. The number of hydrogen-bond donors (Lipinski definition) is 0. The van der Waals surface area contributed by atoms with Gasteiger partial charge in [-0.2, -0.15) is 0 Å². The summed E-state index contributed by atoms with van der Waals surface area (Å²) in [6, 6.07) is 9.76. The van der Waals surface area contributed by atoms with Crippen molar-refractivity contribution in [3.63, 3.8) is 0 Å². The van der Waals surface area contributed by atoms with Crippen molar-refractivity contribution in [2.45, 2.75) is 40.7 Å². The first-order chi connectivity index (χ1) is 11.5. The second-order valence-electron chi connectivity index (χ2n) is 5.79. The molecule has 0 heterocycles. The smallest absolute Gasteiger partial charge is 0.488 e. The highest BCUT2D eigenvalue weighted by atomic mass is 16.7. The second kappa shape index (κ2) is 7.86. The summed E-state index contributed by atoms with van der Waals surface area (Å²) < 4.78 is 15.8. The molecule has 0 aliphatic carbocycles. The van der Waals surface area contributed by atoms with E-state index in [1.54, 1.807) is 6.07 Å². The van der Waals surface area contributed by atoms with E-state index < -0.39 is 6.16 Å². The summed E-state index contributed by atoms with van der Waals surface area (Å²) in [7, 11) is 1.29. The molecule has 0 fully saturated rings. The molecule has 24 heavy (non-hydrogen) atoms. The fourth-order valence-corrected chi connectivity index (χ4v) is 2.62. The first kappa shape index (κ1) is 17.9. The maximum absolute atomic E-state index is 11.4. The molecule has 0 radical (unpaired) electrons. The molecule has 0 N–H and O–H groups in total. The van der Waals surface area contributed by atoms with Gasteiger partial charge in [-0.25, -0.2) is 4.79 Å². The molecule has 128 valence electrons. The molecule has 0 bridgehead atoms. The minimum absolute atomic E-state index is 0.324. The highest BCUT2D eigenvalue weighted by Crippen LogP contribution is 2.27. The standard InChI is InChI=1S/C20H24O4/c1-6-16-10-15(4)19(11-14(16)3)23-12-17-13(2)8-7-9-18(17)24-20(21)22-5/h7-11H,6,12H2,1-5H3. The van der Waals surface area contributed by atoms with Crippen LogP contribution in [0.3, 0.4) is 0 Å². The summed E-state index contributed by atoms with van der Waals surface area (Å²) in [4.78, 5) is 11.4. The zero-order valence-electron chi connectivity index (χ0n) is 14.9. The SMILES string of the molecule is CCc1cc(C)c(OCc2c(C)cccc2OC(=O)OC)cc1C. The molecule has 2 aromatic rings. The Bertz CT molecular complexity index is 735. The Morgan fingerprint density at radius 3 is 2.42 bits per heavy atom. The lowest BCUT2D eigenvalue weighted by molar-refractivity contribution is 0.120. The van der Waals surface area contributed by atoms with E-state index in [1.165, 1.54) is 18.2 Å². The number of rotatable bonds is 5. The lowest BCUT2D eigenvalue weighted by Crippen LogP contribution is -2.11. The van der Waals surface area contributed by atoms with Crippen LogP contribution in [0.5, 0.6) is 11.5 Å². The van der Waals surface area contributed by atoms with Crippen molar-refractivity contribution in [3.05, 3.63) is 58.1 Å². The third kappa shape index (κ3) is 4.07. The third-order valence-corrected chi connectivity index (χ3v) is 4.11. The highest BCUT2D eigenvalue weighted by Gasteiger charge is 2.13. The Labute approximate surface area is 143 Å². The number of hydrogen-bond acceptors (Lipinski definition) is 4. The summed E-state index contributed by atoms with van der Waals surface area (Å²) in [5.41, 5.74) is 5.47. The maximum atomic E-state index is 11.4. The van der Waals surface area contributed by atoms with Crippen LogP contribution in [0.25, 0.3) is 0 Å². The number of benzene rings is 2. The van der Waals surface area contributed by atoms with Crippen molar-refractivity contribution in [3.8, 4) is 11.5 Å². The zero-order valence-corrected chi connectivity index (χ0v) is 14.9. The molecule has 0 saturated carbocycles. The van der Waals surface area contributed by atoms with Crippen LogP contribution in [-0.2, 0) is 17.8 Å². The van der Waals surface area contributed by atoms with Crippen molar-refractivity contribution in [2.24, 2.45) is 0 Å². The molecule has 0 spiro atoms. The fourth-order valence-electron chi connectivity index (χ4n) is 2.62. The highest BCUT2D eigenvalue weighted by molar-refractivity contribution is 5.64. The van der Waals surface area contributed by atoms with Crippen molar-refractivity contribution in [1.82, 2.24) is 0 Å². The van der Waals surface area contributed by atoms with Gasteiger partial charge < -0.3 is 14.2 Å². The van der Waals surface area contributed by atoms with Crippen molar-refractivity contribution in [2.75, 3.05) is 7.11 Å². The first-order valence-corrected chi connectivity index (χ1v) is 8.03. The molecule has 0 saturated heterocycles. The van der Waals surface area contributed by atoms with Crippen LogP contribution in [0.15, 0.2) is 30.3 Å². The van der Waals surface area contributed by atoms with Crippen LogP contribution in [0.4, 0.5) is 4.79 Å². The number of ether oxygens (including phenoxy) is 3. The third-order valence-electron chi connectivity index (χ3n) is 4.11. The number of carbonyl (C=O) groups is 1. The molecular formula is C20H24O4. The summed E-state index contributed by atoms with van der Waals surface area (Å²) in [5, 5.41) is 0. The van der Waals surface area contributed by atoms with Gasteiger partial charge in [0.15, 0.2) is 0 Å². The molecule has 2 aromatic carbocycles. The molecule has 0 aliphatic rings. The zero-order chi connectivity index (χ0) is 17.7. The Morgan fingerprint density at radius 1 is 1.00 bits per heavy atom. The van der Waals surface area contributed by atoms with Crippen LogP contribution in [0.2, 0.25) is 0 Å². The topological polar surface area (TPSA) is 44.8 Å². The van der Waals surface area contributed by atoms with E-state index in [4.69, 9.17) is 9.47 Å². The summed E-state index contributed by atoms with van der Waals surface area (Å²) >= 11 is 0. The molecule has 0 aliphatic heterocycles. The van der Waals surface area contributed by atoms with Crippen LogP contribution in [0.1, 0.15) is 34.7 Å². The Kier molecular flexibility index (Phi) is 5.85. The van der Waals surface area contributed by atoms with Gasteiger partial charge in [-0.15, -0.1) is 0 Å². The number of carbonyl (C=O) groups excluding carboxylic acids is 1. The van der Waals surface area contributed by atoms with Crippen molar-refractivity contribution < 1.29 is 19.0 Å². The molecule has 4 heteroatoms. The van der Waals surface area contributed by atoms with Crippen LogP contribution in [-0.4, -0.2) is 13.3 Å². The van der Waals surface area contributed by atoms with Gasteiger partial charge in [0.05, 0.1) is 7.11 Å². The average Bonchev–Trinajstić information content (AvgIpc) is 2.56. The van der Waals surface area contributed by atoms with Crippen LogP contribution >= 0.6 is 0 Å². The number of methoxy groups -OCH3 is 1. The van der Waals surface area contributed by atoms with Crippen LogP contribution in [0, 0.1) is 20.8 Å². The van der Waals surface area contributed by atoms with E-state index in [2.05, 4.69) is 30.7 Å². The maximum Gasteiger partial charge on any atom is 0.513 e. The largest absolute Gasteiger partial charge is 0.513 e. The summed E-state index contributed by atoms with van der Waals surface area (Å²) in [6.45, 7) is 8.56. The minimum Gasteiger partial charge on any atom is -0.488 e. The van der Waals surface area contributed by atoms with Gasteiger partial charge in [0.25, 0.3) is 0 Å². The van der Waals surface area contributed by atoms with Gasteiger partial charge in [0.2, 0.25) is 0 Å². The Hall–Kier alpha value is -2.49. The average molecular weight is 328 g/mol. The molecule has 0 atom stereocenters. The minimum atomic E-state index is -0.735. The lowest BCUT2D eigenvalue weighted by atomic mass is 10.0. The van der Waals surface area contributed by atoms with Gasteiger partial charge in [-0.05, 0) is 61.6 Å². The van der Waals surface area contributed by atoms with Gasteiger partial charge in [-0.1, -0.05) is 25.1 Å². The molecule has 2 rings (SSSR count). The van der Waals surface area contributed by atoms with E-state index in [9.17, 15) is 4.79 Å². The monoisotopic (exact) mass is 328 g/mol. The predicted octanol–water partition coefficient (Wildman–Crippen LogP) is 4.90. The Morgan fingerprint density at radius 2 is 1.75 bits per heavy atom.